The van der Waals surface area contributed by atoms with E-state index in [0.29, 0.717) is 22.5 Å². The molecule has 2 amide bonds. The molecule has 0 unspecified atom stereocenters. The highest BCUT2D eigenvalue weighted by Crippen LogP contribution is 2.19. The van der Waals surface area contributed by atoms with Gasteiger partial charge in [0, 0.05) is 5.39 Å². The third-order valence-electron chi connectivity index (χ3n) is 3.86. The number of amides is 2. The summed E-state index contributed by atoms with van der Waals surface area (Å²) in [6.45, 7) is -0.529. The zero-order chi connectivity index (χ0) is 20.3. The molecule has 0 saturated carbocycles. The first-order chi connectivity index (χ1) is 13.4. The van der Waals surface area contributed by atoms with E-state index in [0.717, 1.165) is 6.07 Å². The maximum atomic E-state index is 13.5. The lowest BCUT2D eigenvalue weighted by Gasteiger charge is -2.09. The van der Waals surface area contributed by atoms with Gasteiger partial charge in [0.05, 0.1) is 29.7 Å². The van der Waals surface area contributed by atoms with Crippen molar-refractivity contribution in [3.63, 3.8) is 0 Å². The topological polar surface area (TPSA) is 104 Å². The van der Waals surface area contributed by atoms with Gasteiger partial charge in [-0.1, -0.05) is 18.2 Å². The highest BCUT2D eigenvalue weighted by molar-refractivity contribution is 5.95. The monoisotopic (exact) mass is 390 g/mol. The van der Waals surface area contributed by atoms with Gasteiger partial charge in [-0.2, -0.15) is 5.10 Å². The zero-order valence-electron chi connectivity index (χ0n) is 14.2. The van der Waals surface area contributed by atoms with E-state index in [1.54, 1.807) is 24.3 Å². The predicted octanol–water partition coefficient (Wildman–Crippen LogP) is 1.64. The summed E-state index contributed by atoms with van der Waals surface area (Å²) in [5.41, 5.74) is -0.640. The number of nitrogens with zero attached hydrogens (tertiary/aromatic N) is 1. The summed E-state index contributed by atoms with van der Waals surface area (Å²) < 4.78 is 39.6. The van der Waals surface area contributed by atoms with E-state index in [2.05, 4.69) is 15.5 Å². The van der Waals surface area contributed by atoms with Gasteiger partial charge in [0.25, 0.3) is 5.56 Å². The molecule has 0 aliphatic carbocycles. The van der Waals surface area contributed by atoms with E-state index in [4.69, 9.17) is 0 Å². The van der Waals surface area contributed by atoms with Crippen LogP contribution < -0.4 is 16.2 Å². The number of fused-ring (bicyclic) bond motifs is 1. The van der Waals surface area contributed by atoms with Gasteiger partial charge in [-0.05, 0) is 18.2 Å². The second-order valence-electron chi connectivity index (χ2n) is 5.77. The number of carbonyl (C=O) groups excluding carboxylic acids is 2. The molecule has 1 aromatic heterocycles. The maximum Gasteiger partial charge on any atom is 0.272 e. The molecule has 3 aromatic rings. The smallest absolute Gasteiger partial charge is 0.272 e. The Labute approximate surface area is 155 Å². The van der Waals surface area contributed by atoms with Crippen LogP contribution in [0.25, 0.3) is 10.8 Å². The molecule has 2 aromatic carbocycles. The Morgan fingerprint density at radius 3 is 2.43 bits per heavy atom. The predicted molar refractivity (Wildman–Crippen MR) is 94.0 cm³/mol. The van der Waals surface area contributed by atoms with Crippen LogP contribution in [0.15, 0.2) is 41.2 Å². The molecule has 3 N–H and O–H groups in total. The van der Waals surface area contributed by atoms with Crippen LogP contribution in [0.5, 0.6) is 0 Å². The van der Waals surface area contributed by atoms with Crippen molar-refractivity contribution in [2.24, 2.45) is 0 Å². The number of hydrogen-bond acceptors (Lipinski definition) is 4. The van der Waals surface area contributed by atoms with Gasteiger partial charge in [-0.3, -0.25) is 14.4 Å². The van der Waals surface area contributed by atoms with Crippen molar-refractivity contribution < 1.29 is 22.8 Å². The lowest BCUT2D eigenvalue weighted by atomic mass is 10.1. The number of hydrogen-bond donors (Lipinski definition) is 3. The molecule has 0 aliphatic rings. The van der Waals surface area contributed by atoms with E-state index < -0.39 is 47.1 Å². The number of anilines is 1. The number of aromatic amines is 1. The molecule has 0 radical (unpaired) electrons. The summed E-state index contributed by atoms with van der Waals surface area (Å²) in [6.07, 6.45) is -0.218. The van der Waals surface area contributed by atoms with Gasteiger partial charge in [-0.15, -0.1) is 0 Å². The standard InChI is InChI=1S/C18H13F3N4O3/c19-11-5-6-12(17(21)16(11)20)23-15(27)8-22-14(26)7-13-9-3-1-2-4-10(9)18(28)25-24-13/h1-6H,7-8H2,(H,22,26)(H,23,27)(H,25,28). The number of benzene rings is 2. The minimum Gasteiger partial charge on any atom is -0.347 e. The summed E-state index contributed by atoms with van der Waals surface area (Å²) in [7, 11) is 0. The van der Waals surface area contributed by atoms with Gasteiger partial charge in [-0.25, -0.2) is 18.3 Å². The van der Waals surface area contributed by atoms with Crippen molar-refractivity contribution in [2.75, 3.05) is 11.9 Å². The van der Waals surface area contributed by atoms with Gasteiger partial charge in [0.1, 0.15) is 0 Å². The van der Waals surface area contributed by atoms with Crippen LogP contribution in [-0.4, -0.2) is 28.6 Å². The third-order valence-corrected chi connectivity index (χ3v) is 3.86. The van der Waals surface area contributed by atoms with Crippen LogP contribution >= 0.6 is 0 Å². The molecule has 0 atom stereocenters. The molecule has 0 fully saturated rings. The Morgan fingerprint density at radius 1 is 0.964 bits per heavy atom. The zero-order valence-corrected chi connectivity index (χ0v) is 14.2. The van der Waals surface area contributed by atoms with Crippen LogP contribution in [0.1, 0.15) is 5.69 Å². The molecule has 3 rings (SSSR count). The normalized spacial score (nSPS) is 10.7. The summed E-state index contributed by atoms with van der Waals surface area (Å²) in [5, 5.41) is 11.3. The molecule has 0 saturated heterocycles. The molecule has 7 nitrogen and oxygen atoms in total. The van der Waals surface area contributed by atoms with Crippen molar-refractivity contribution in [3.05, 3.63) is 69.9 Å². The average Bonchev–Trinajstić information content (AvgIpc) is 2.69. The van der Waals surface area contributed by atoms with Crippen molar-refractivity contribution >= 4 is 28.3 Å². The first kappa shape index (κ1) is 19.1. The molecule has 144 valence electrons. The molecule has 1 heterocycles. The van der Waals surface area contributed by atoms with E-state index in [9.17, 15) is 27.6 Å². The second kappa shape index (κ2) is 7.91. The number of halogens is 3. The fourth-order valence-corrected chi connectivity index (χ4v) is 2.52. The molecule has 0 spiro atoms. The Kier molecular flexibility index (Phi) is 5.39. The summed E-state index contributed by atoms with van der Waals surface area (Å²) >= 11 is 0. The van der Waals surface area contributed by atoms with Crippen LogP contribution in [0.2, 0.25) is 0 Å². The van der Waals surface area contributed by atoms with Gasteiger partial charge >= 0.3 is 0 Å². The van der Waals surface area contributed by atoms with Crippen LogP contribution in [0.4, 0.5) is 18.9 Å². The number of rotatable bonds is 5. The number of nitrogens with one attached hydrogen (secondary N) is 3. The van der Waals surface area contributed by atoms with E-state index >= 15 is 0 Å². The minimum absolute atomic E-state index is 0.218. The first-order valence-corrected chi connectivity index (χ1v) is 8.03. The quantitative estimate of drug-likeness (QED) is 0.576. The average molecular weight is 390 g/mol. The SMILES string of the molecule is O=C(Cc1n[nH]c(=O)c2ccccc12)NCC(=O)Nc1ccc(F)c(F)c1F. The Balaban J connectivity index is 1.62. The summed E-state index contributed by atoms with van der Waals surface area (Å²) in [6, 6.07) is 8.11. The third kappa shape index (κ3) is 4.00. The maximum absolute atomic E-state index is 13.5. The molecule has 28 heavy (non-hydrogen) atoms. The first-order valence-electron chi connectivity index (χ1n) is 8.03. The van der Waals surface area contributed by atoms with E-state index in [1.807, 2.05) is 5.32 Å². The van der Waals surface area contributed by atoms with Crippen LogP contribution in [0.3, 0.4) is 0 Å². The second-order valence-corrected chi connectivity index (χ2v) is 5.77. The number of aromatic nitrogens is 2. The van der Waals surface area contributed by atoms with Crippen LogP contribution in [0, 0.1) is 17.5 Å². The molecule has 0 bridgehead atoms. The van der Waals surface area contributed by atoms with Crippen LogP contribution in [-0.2, 0) is 16.0 Å². The minimum atomic E-state index is -1.71. The Morgan fingerprint density at radius 2 is 1.68 bits per heavy atom. The fraction of sp³-hybridized carbons (Fsp3) is 0.111. The van der Waals surface area contributed by atoms with Gasteiger partial charge in [0.2, 0.25) is 11.8 Å². The molecular weight excluding hydrogens is 377 g/mol. The highest BCUT2D eigenvalue weighted by Gasteiger charge is 2.16. The largest absolute Gasteiger partial charge is 0.347 e. The van der Waals surface area contributed by atoms with Crippen molar-refractivity contribution in [1.82, 2.24) is 15.5 Å². The van der Waals surface area contributed by atoms with E-state index in [1.165, 1.54) is 0 Å². The lowest BCUT2D eigenvalue weighted by Crippen LogP contribution is -2.34. The van der Waals surface area contributed by atoms with Crippen molar-refractivity contribution in [2.45, 2.75) is 6.42 Å². The molecule has 10 heteroatoms. The van der Waals surface area contributed by atoms with Crippen molar-refractivity contribution in [1.29, 1.82) is 0 Å². The highest BCUT2D eigenvalue weighted by atomic mass is 19.2. The Bertz CT molecular complexity index is 1130. The lowest BCUT2D eigenvalue weighted by molar-refractivity contribution is -0.123. The fourth-order valence-electron chi connectivity index (χ4n) is 2.52. The number of H-pyrrole nitrogens is 1. The van der Waals surface area contributed by atoms with E-state index in [-0.39, 0.29) is 6.42 Å². The van der Waals surface area contributed by atoms with Crippen molar-refractivity contribution in [3.8, 4) is 0 Å². The summed E-state index contributed by atoms with van der Waals surface area (Å²) in [4.78, 5) is 35.6. The molecule has 0 aliphatic heterocycles. The summed E-state index contributed by atoms with van der Waals surface area (Å²) in [5.74, 6) is -6.05. The number of carbonyl (C=O) groups is 2. The Hall–Kier alpha value is -3.69. The molecular formula is C18H13F3N4O3. The van der Waals surface area contributed by atoms with Gasteiger partial charge in [0.15, 0.2) is 17.5 Å². The van der Waals surface area contributed by atoms with Gasteiger partial charge < -0.3 is 10.6 Å².